The van der Waals surface area contributed by atoms with Crippen LogP contribution in [-0.2, 0) is 25.1 Å². The topological polar surface area (TPSA) is 22.0 Å². The normalized spacial score (nSPS) is 15.1. The molecule has 2 rings (SSSR count). The largest absolute Gasteiger partial charge is 0.312 e. The zero-order valence-corrected chi connectivity index (χ0v) is 11.6. The van der Waals surface area contributed by atoms with Crippen LogP contribution < -0.4 is 5.56 Å². The van der Waals surface area contributed by atoms with E-state index in [0.29, 0.717) is 11.7 Å². The molecule has 0 aromatic carbocycles. The number of thiol groups is 1. The summed E-state index contributed by atoms with van der Waals surface area (Å²) in [6.07, 6.45) is 4.64. The molecule has 0 aliphatic heterocycles. The summed E-state index contributed by atoms with van der Waals surface area (Å²) in [5.74, 6) is 1.05. The summed E-state index contributed by atoms with van der Waals surface area (Å²) in [5.41, 5.74) is 3.69. The summed E-state index contributed by atoms with van der Waals surface area (Å²) in [4.78, 5) is 12.3. The third-order valence-electron chi connectivity index (χ3n) is 3.39. The van der Waals surface area contributed by atoms with Crippen molar-refractivity contribution in [2.45, 2.75) is 51.8 Å². The summed E-state index contributed by atoms with van der Waals surface area (Å²) in [7, 11) is 0. The lowest BCUT2D eigenvalue weighted by Crippen LogP contribution is -2.30. The average molecular weight is 251 g/mol. The number of aromatic nitrogens is 1. The Morgan fingerprint density at radius 2 is 2.06 bits per heavy atom. The van der Waals surface area contributed by atoms with Gasteiger partial charge >= 0.3 is 0 Å². The number of nitrogens with zero attached hydrogens (tertiary/aromatic N) is 1. The van der Waals surface area contributed by atoms with E-state index in [1.165, 1.54) is 24.1 Å². The number of hydrogen-bond acceptors (Lipinski definition) is 2. The van der Waals surface area contributed by atoms with E-state index in [2.05, 4.69) is 32.5 Å². The molecule has 0 radical (unpaired) electrons. The van der Waals surface area contributed by atoms with Gasteiger partial charge in [-0.15, -0.1) is 0 Å². The van der Waals surface area contributed by atoms with E-state index in [0.717, 1.165) is 24.9 Å². The van der Waals surface area contributed by atoms with Crippen molar-refractivity contribution >= 4 is 12.6 Å². The van der Waals surface area contributed by atoms with Gasteiger partial charge in [-0.2, -0.15) is 12.6 Å². The molecule has 1 aromatic heterocycles. The van der Waals surface area contributed by atoms with E-state index in [4.69, 9.17) is 0 Å². The van der Waals surface area contributed by atoms with Gasteiger partial charge in [0, 0.05) is 23.6 Å². The molecule has 0 saturated carbocycles. The van der Waals surface area contributed by atoms with E-state index >= 15 is 0 Å². The van der Waals surface area contributed by atoms with Gasteiger partial charge in [0.15, 0.2) is 0 Å². The van der Waals surface area contributed by atoms with Gasteiger partial charge in [-0.05, 0) is 43.2 Å². The van der Waals surface area contributed by atoms with Gasteiger partial charge < -0.3 is 4.57 Å². The summed E-state index contributed by atoms with van der Waals surface area (Å²) in [6, 6.07) is 2.08. The molecule has 0 N–H and O–H groups in total. The fraction of sp³-hybridized carbons (Fsp3) is 0.643. The minimum atomic E-state index is 0.175. The lowest BCUT2D eigenvalue weighted by Gasteiger charge is -2.23. The molecule has 1 heterocycles. The van der Waals surface area contributed by atoms with Crippen molar-refractivity contribution in [1.82, 2.24) is 4.57 Å². The zero-order chi connectivity index (χ0) is 12.4. The van der Waals surface area contributed by atoms with Crippen LogP contribution >= 0.6 is 12.6 Å². The van der Waals surface area contributed by atoms with Crippen molar-refractivity contribution in [2.75, 3.05) is 0 Å². The Labute approximate surface area is 108 Å². The Bertz CT molecular complexity index is 462. The van der Waals surface area contributed by atoms with Gasteiger partial charge in [-0.25, -0.2) is 0 Å². The van der Waals surface area contributed by atoms with Crippen LogP contribution in [0.4, 0.5) is 0 Å². The number of rotatable bonds is 3. The Hall–Kier alpha value is -0.700. The molecular weight excluding hydrogens is 230 g/mol. The molecule has 3 heteroatoms. The number of hydrogen-bond donors (Lipinski definition) is 1. The van der Waals surface area contributed by atoms with Crippen molar-refractivity contribution in [3.8, 4) is 0 Å². The Morgan fingerprint density at radius 3 is 2.71 bits per heavy atom. The van der Waals surface area contributed by atoms with Crippen molar-refractivity contribution in [3.05, 3.63) is 33.2 Å². The SMILES string of the molecule is CC(C)Cn1c2c(cc(CS)c1=O)CCCC2. The smallest absolute Gasteiger partial charge is 0.254 e. The highest BCUT2D eigenvalue weighted by molar-refractivity contribution is 7.79. The van der Waals surface area contributed by atoms with Crippen molar-refractivity contribution in [3.63, 3.8) is 0 Å². The molecule has 1 aliphatic rings. The maximum absolute atomic E-state index is 12.3. The molecule has 1 aliphatic carbocycles. The van der Waals surface area contributed by atoms with Crippen LogP contribution in [0.5, 0.6) is 0 Å². The highest BCUT2D eigenvalue weighted by Gasteiger charge is 2.17. The van der Waals surface area contributed by atoms with Gasteiger partial charge in [0.2, 0.25) is 0 Å². The second-order valence-corrected chi connectivity index (χ2v) is 5.63. The van der Waals surface area contributed by atoms with E-state index in [1.54, 1.807) is 0 Å². The first-order valence-electron chi connectivity index (χ1n) is 6.48. The predicted octanol–water partition coefficient (Wildman–Crippen LogP) is 2.81. The average Bonchev–Trinajstić information content (AvgIpc) is 2.32. The first-order chi connectivity index (χ1) is 8.13. The van der Waals surface area contributed by atoms with E-state index < -0.39 is 0 Å². The first kappa shape index (κ1) is 12.7. The predicted molar refractivity (Wildman–Crippen MR) is 74.9 cm³/mol. The molecule has 94 valence electrons. The Kier molecular flexibility index (Phi) is 3.97. The minimum absolute atomic E-state index is 0.175. The van der Waals surface area contributed by atoms with Crippen molar-refractivity contribution < 1.29 is 0 Å². The second kappa shape index (κ2) is 5.30. The van der Waals surface area contributed by atoms with Crippen LogP contribution in [-0.4, -0.2) is 4.57 Å². The zero-order valence-electron chi connectivity index (χ0n) is 10.7. The maximum atomic E-state index is 12.3. The minimum Gasteiger partial charge on any atom is -0.312 e. The molecule has 17 heavy (non-hydrogen) atoms. The van der Waals surface area contributed by atoms with Crippen LogP contribution in [0.15, 0.2) is 10.9 Å². The molecule has 2 nitrogen and oxygen atoms in total. The molecule has 0 amide bonds. The van der Waals surface area contributed by atoms with Crippen molar-refractivity contribution in [2.24, 2.45) is 5.92 Å². The van der Waals surface area contributed by atoms with Crippen LogP contribution in [0.25, 0.3) is 0 Å². The molecule has 0 fully saturated rings. The van der Waals surface area contributed by atoms with Gasteiger partial charge in [0.25, 0.3) is 5.56 Å². The molecular formula is C14H21NOS. The monoisotopic (exact) mass is 251 g/mol. The fourth-order valence-electron chi connectivity index (χ4n) is 2.62. The highest BCUT2D eigenvalue weighted by atomic mass is 32.1. The molecule has 0 unspecified atom stereocenters. The third kappa shape index (κ3) is 2.59. The summed E-state index contributed by atoms with van der Waals surface area (Å²) < 4.78 is 2.00. The summed E-state index contributed by atoms with van der Waals surface area (Å²) in [5, 5.41) is 0. The molecule has 0 atom stereocenters. The summed E-state index contributed by atoms with van der Waals surface area (Å²) >= 11 is 4.27. The van der Waals surface area contributed by atoms with Gasteiger partial charge in [-0.1, -0.05) is 13.8 Å². The quantitative estimate of drug-likeness (QED) is 0.820. The first-order valence-corrected chi connectivity index (χ1v) is 7.12. The van der Waals surface area contributed by atoms with E-state index in [9.17, 15) is 4.79 Å². The summed E-state index contributed by atoms with van der Waals surface area (Å²) in [6.45, 7) is 5.16. The van der Waals surface area contributed by atoms with Crippen LogP contribution in [0.2, 0.25) is 0 Å². The number of aryl methyl sites for hydroxylation is 1. The molecule has 0 saturated heterocycles. The lowest BCUT2D eigenvalue weighted by molar-refractivity contribution is 0.478. The van der Waals surface area contributed by atoms with Gasteiger partial charge in [-0.3, -0.25) is 4.79 Å². The van der Waals surface area contributed by atoms with Crippen LogP contribution in [0, 0.1) is 5.92 Å². The molecule has 0 bridgehead atoms. The number of pyridine rings is 1. The Morgan fingerprint density at radius 1 is 1.35 bits per heavy atom. The van der Waals surface area contributed by atoms with Gasteiger partial charge in [0.05, 0.1) is 0 Å². The van der Waals surface area contributed by atoms with Crippen molar-refractivity contribution in [1.29, 1.82) is 0 Å². The van der Waals surface area contributed by atoms with E-state index in [1.807, 2.05) is 4.57 Å². The third-order valence-corrected chi connectivity index (χ3v) is 3.73. The number of fused-ring (bicyclic) bond motifs is 1. The van der Waals surface area contributed by atoms with E-state index in [-0.39, 0.29) is 5.56 Å². The van der Waals surface area contributed by atoms with Crippen LogP contribution in [0.3, 0.4) is 0 Å². The highest BCUT2D eigenvalue weighted by Crippen LogP contribution is 2.21. The Balaban J connectivity index is 2.55. The second-order valence-electron chi connectivity index (χ2n) is 5.32. The van der Waals surface area contributed by atoms with Gasteiger partial charge in [0.1, 0.15) is 0 Å². The standard InChI is InChI=1S/C14H21NOS/c1-10(2)8-15-13-6-4-3-5-11(13)7-12(9-17)14(15)16/h7,10,17H,3-6,8-9H2,1-2H3. The fourth-order valence-corrected chi connectivity index (χ4v) is 2.84. The maximum Gasteiger partial charge on any atom is 0.254 e. The van der Waals surface area contributed by atoms with Crippen LogP contribution in [0.1, 0.15) is 43.5 Å². The molecule has 1 aromatic rings. The lowest BCUT2D eigenvalue weighted by atomic mass is 9.94. The molecule has 0 spiro atoms.